The van der Waals surface area contributed by atoms with E-state index in [1.54, 1.807) is 11.8 Å². The van der Waals surface area contributed by atoms with Gasteiger partial charge >= 0.3 is 0 Å². The molecule has 0 aliphatic carbocycles. The number of hydrogen-bond acceptors (Lipinski definition) is 5. The lowest BCUT2D eigenvalue weighted by molar-refractivity contribution is -0.115. The largest absolute Gasteiger partial charge is 0.300 e. The molecule has 0 radical (unpaired) electrons. The maximum Gasteiger partial charge on any atom is 0.230 e. The van der Waals surface area contributed by atoms with Crippen LogP contribution in [0.5, 0.6) is 0 Å². The lowest BCUT2D eigenvalue weighted by atomic mass is 10.1. The first-order valence-corrected chi connectivity index (χ1v) is 9.35. The van der Waals surface area contributed by atoms with Crippen molar-refractivity contribution in [1.82, 2.24) is 10.2 Å². The summed E-state index contributed by atoms with van der Waals surface area (Å²) in [5, 5.41) is 11.5. The number of nitrogens with one attached hydrogen (secondary N) is 1. The van der Waals surface area contributed by atoms with Crippen LogP contribution in [0.25, 0.3) is 0 Å². The van der Waals surface area contributed by atoms with Crippen LogP contribution < -0.4 is 5.32 Å². The molecule has 0 bridgehead atoms. The molecule has 122 valence electrons. The van der Waals surface area contributed by atoms with E-state index in [0.29, 0.717) is 11.6 Å². The summed E-state index contributed by atoms with van der Waals surface area (Å²) in [6, 6.07) is 18.2. The number of nitrogens with zero attached hydrogens (tertiary/aromatic N) is 2. The van der Waals surface area contributed by atoms with Gasteiger partial charge in [0.1, 0.15) is 0 Å². The molecule has 0 aliphatic rings. The van der Waals surface area contributed by atoms with Crippen molar-refractivity contribution in [3.05, 3.63) is 71.3 Å². The average Bonchev–Trinajstić information content (AvgIpc) is 3.03. The Morgan fingerprint density at radius 3 is 2.54 bits per heavy atom. The molecule has 4 nitrogen and oxygen atoms in total. The van der Waals surface area contributed by atoms with Crippen LogP contribution in [0, 0.1) is 6.92 Å². The third kappa shape index (κ3) is 4.91. The Kier molecular flexibility index (Phi) is 5.61. The highest BCUT2D eigenvalue weighted by Gasteiger charge is 2.09. The molecule has 0 spiro atoms. The molecule has 0 atom stereocenters. The molecular formula is C18H17N3OS2. The Balaban J connectivity index is 1.51. The van der Waals surface area contributed by atoms with E-state index in [2.05, 4.69) is 27.6 Å². The van der Waals surface area contributed by atoms with Crippen LogP contribution in [0.3, 0.4) is 0 Å². The number of aryl methyl sites for hydroxylation is 1. The van der Waals surface area contributed by atoms with Crippen molar-refractivity contribution in [2.45, 2.75) is 23.4 Å². The van der Waals surface area contributed by atoms with Gasteiger partial charge in [-0.3, -0.25) is 4.79 Å². The molecule has 1 N–H and O–H groups in total. The van der Waals surface area contributed by atoms with Gasteiger partial charge < -0.3 is 5.32 Å². The van der Waals surface area contributed by atoms with Crippen molar-refractivity contribution < 1.29 is 4.79 Å². The SMILES string of the molecule is Cc1ccc(CC(=O)Nc2nnc(SCc3ccccc3)s2)cc1. The Labute approximate surface area is 149 Å². The molecule has 0 saturated heterocycles. The van der Waals surface area contributed by atoms with E-state index in [1.807, 2.05) is 49.4 Å². The number of carbonyl (C=O) groups excluding carboxylic acids is 1. The topological polar surface area (TPSA) is 54.9 Å². The normalized spacial score (nSPS) is 10.5. The van der Waals surface area contributed by atoms with E-state index in [-0.39, 0.29) is 5.91 Å². The van der Waals surface area contributed by atoms with E-state index in [4.69, 9.17) is 0 Å². The van der Waals surface area contributed by atoms with Crippen molar-refractivity contribution in [2.24, 2.45) is 0 Å². The monoisotopic (exact) mass is 355 g/mol. The van der Waals surface area contributed by atoms with Gasteiger partial charge in [-0.05, 0) is 18.1 Å². The quantitative estimate of drug-likeness (QED) is 0.528. The smallest absolute Gasteiger partial charge is 0.230 e. The molecule has 3 aromatic rings. The lowest BCUT2D eigenvalue weighted by Crippen LogP contribution is -2.14. The molecule has 0 saturated carbocycles. The van der Waals surface area contributed by atoms with Gasteiger partial charge in [0.2, 0.25) is 11.0 Å². The van der Waals surface area contributed by atoms with Crippen molar-refractivity contribution in [1.29, 1.82) is 0 Å². The van der Waals surface area contributed by atoms with E-state index in [9.17, 15) is 4.79 Å². The zero-order valence-electron chi connectivity index (χ0n) is 13.2. The van der Waals surface area contributed by atoms with Crippen molar-refractivity contribution in [2.75, 3.05) is 5.32 Å². The number of hydrogen-bond donors (Lipinski definition) is 1. The van der Waals surface area contributed by atoms with Gasteiger partial charge in [0.15, 0.2) is 4.34 Å². The number of anilines is 1. The first kappa shape index (κ1) is 16.7. The molecule has 0 unspecified atom stereocenters. The minimum Gasteiger partial charge on any atom is -0.300 e. The molecule has 0 fully saturated rings. The zero-order valence-corrected chi connectivity index (χ0v) is 14.9. The Morgan fingerprint density at radius 1 is 1.04 bits per heavy atom. The summed E-state index contributed by atoms with van der Waals surface area (Å²) in [5.41, 5.74) is 3.41. The van der Waals surface area contributed by atoms with Crippen LogP contribution in [0.4, 0.5) is 5.13 Å². The Hall–Kier alpha value is -2.18. The molecule has 1 heterocycles. The van der Waals surface area contributed by atoms with Gasteiger partial charge in [0, 0.05) is 5.75 Å². The second-order valence-corrected chi connectivity index (χ2v) is 7.56. The Morgan fingerprint density at radius 2 is 1.79 bits per heavy atom. The van der Waals surface area contributed by atoms with Crippen molar-refractivity contribution >= 4 is 34.1 Å². The maximum atomic E-state index is 12.1. The van der Waals surface area contributed by atoms with Crippen LogP contribution in [0.2, 0.25) is 0 Å². The summed E-state index contributed by atoms with van der Waals surface area (Å²) in [5.74, 6) is 0.766. The fourth-order valence-electron chi connectivity index (χ4n) is 2.09. The fourth-order valence-corrected chi connectivity index (χ4v) is 3.82. The predicted octanol–water partition coefficient (Wildman–Crippen LogP) is 4.32. The van der Waals surface area contributed by atoms with Crippen LogP contribution in [-0.2, 0) is 17.0 Å². The summed E-state index contributed by atoms with van der Waals surface area (Å²) >= 11 is 3.02. The third-order valence-corrected chi connectivity index (χ3v) is 5.39. The van der Waals surface area contributed by atoms with E-state index in [1.165, 1.54) is 22.5 Å². The standard InChI is InChI=1S/C18H17N3OS2/c1-13-7-9-14(10-8-13)11-16(22)19-17-20-21-18(24-17)23-12-15-5-3-2-4-6-15/h2-10H,11-12H2,1H3,(H,19,20,22). The molecule has 0 aliphatic heterocycles. The number of thioether (sulfide) groups is 1. The number of carbonyl (C=O) groups is 1. The van der Waals surface area contributed by atoms with Gasteiger partial charge in [0.05, 0.1) is 6.42 Å². The average molecular weight is 355 g/mol. The first-order chi connectivity index (χ1) is 11.7. The third-order valence-electron chi connectivity index (χ3n) is 3.34. The maximum absolute atomic E-state index is 12.1. The summed E-state index contributed by atoms with van der Waals surface area (Å²) < 4.78 is 0.851. The predicted molar refractivity (Wildman–Crippen MR) is 99.4 cm³/mol. The molecule has 24 heavy (non-hydrogen) atoms. The summed E-state index contributed by atoms with van der Waals surface area (Å²) in [7, 11) is 0. The second kappa shape index (κ2) is 8.08. The van der Waals surface area contributed by atoms with E-state index < -0.39 is 0 Å². The van der Waals surface area contributed by atoms with Gasteiger partial charge in [-0.1, -0.05) is 83.3 Å². The van der Waals surface area contributed by atoms with Crippen molar-refractivity contribution in [3.63, 3.8) is 0 Å². The van der Waals surface area contributed by atoms with Crippen LogP contribution >= 0.6 is 23.1 Å². The zero-order chi connectivity index (χ0) is 16.8. The number of amides is 1. The summed E-state index contributed by atoms with van der Waals surface area (Å²) in [6.45, 7) is 2.03. The first-order valence-electron chi connectivity index (χ1n) is 7.55. The molecule has 2 aromatic carbocycles. The molecular weight excluding hydrogens is 338 g/mol. The van der Waals surface area contributed by atoms with Crippen LogP contribution in [0.1, 0.15) is 16.7 Å². The number of aromatic nitrogens is 2. The molecule has 1 aromatic heterocycles. The fraction of sp³-hybridized carbons (Fsp3) is 0.167. The van der Waals surface area contributed by atoms with E-state index in [0.717, 1.165) is 15.7 Å². The molecule has 6 heteroatoms. The second-order valence-electron chi connectivity index (χ2n) is 5.36. The highest BCUT2D eigenvalue weighted by atomic mass is 32.2. The summed E-state index contributed by atoms with van der Waals surface area (Å²) in [6.07, 6.45) is 0.340. The molecule has 1 amide bonds. The Bertz CT molecular complexity index is 801. The van der Waals surface area contributed by atoms with Gasteiger partial charge in [-0.15, -0.1) is 10.2 Å². The summed E-state index contributed by atoms with van der Waals surface area (Å²) in [4.78, 5) is 12.1. The van der Waals surface area contributed by atoms with Crippen molar-refractivity contribution in [3.8, 4) is 0 Å². The highest BCUT2D eigenvalue weighted by molar-refractivity contribution is 8.00. The van der Waals surface area contributed by atoms with E-state index >= 15 is 0 Å². The lowest BCUT2D eigenvalue weighted by Gasteiger charge is -2.02. The van der Waals surface area contributed by atoms with Gasteiger partial charge in [-0.2, -0.15) is 0 Å². The van der Waals surface area contributed by atoms with Gasteiger partial charge in [0.25, 0.3) is 0 Å². The minimum atomic E-state index is -0.0744. The highest BCUT2D eigenvalue weighted by Crippen LogP contribution is 2.28. The molecule has 3 rings (SSSR count). The minimum absolute atomic E-state index is 0.0744. The van der Waals surface area contributed by atoms with Crippen LogP contribution in [0.15, 0.2) is 58.9 Å². The van der Waals surface area contributed by atoms with Gasteiger partial charge in [-0.25, -0.2) is 0 Å². The number of benzene rings is 2. The van der Waals surface area contributed by atoms with Crippen LogP contribution in [-0.4, -0.2) is 16.1 Å². The number of rotatable bonds is 6.